The van der Waals surface area contributed by atoms with Crippen LogP contribution in [0.3, 0.4) is 0 Å². The molecule has 0 aromatic heterocycles. The van der Waals surface area contributed by atoms with E-state index in [9.17, 15) is 16.8 Å². The van der Waals surface area contributed by atoms with Crippen molar-refractivity contribution in [1.29, 1.82) is 0 Å². The number of hydrogen-bond donors (Lipinski definition) is 0. The number of fused-ring (bicyclic) bond motifs is 2. The molecule has 4 saturated heterocycles. The molecule has 12 nitrogen and oxygen atoms in total. The van der Waals surface area contributed by atoms with Gasteiger partial charge in [-0.1, -0.05) is 53.4 Å². The summed E-state index contributed by atoms with van der Waals surface area (Å²) in [6.07, 6.45) is 1.05. The molecule has 36 heavy (non-hydrogen) atoms. The molecule has 0 aromatic rings. The highest BCUT2D eigenvalue weighted by atomic mass is 32.2. The van der Waals surface area contributed by atoms with E-state index in [1.807, 2.05) is 27.7 Å². The summed E-state index contributed by atoms with van der Waals surface area (Å²) in [4.78, 5) is 0. The molecular weight excluding hydrogens is 512 g/mol. The van der Waals surface area contributed by atoms with Crippen molar-refractivity contribution in [3.8, 4) is 0 Å². The van der Waals surface area contributed by atoms with E-state index in [4.69, 9.17) is 18.9 Å². The summed E-state index contributed by atoms with van der Waals surface area (Å²) in [6, 6.07) is 0. The molecule has 0 aliphatic carbocycles. The number of nitrogens with zero attached hydrogens (tertiary/aromatic N) is 4. The van der Waals surface area contributed by atoms with Crippen LogP contribution in [0, 0.1) is 0 Å². The first-order valence-corrected chi connectivity index (χ1v) is 16.2. The van der Waals surface area contributed by atoms with E-state index in [1.165, 1.54) is 17.2 Å². The average Bonchev–Trinajstić information content (AvgIpc) is 3.52. The summed E-state index contributed by atoms with van der Waals surface area (Å²) in [7, 11) is -7.42. The van der Waals surface area contributed by atoms with Crippen molar-refractivity contribution < 1.29 is 35.8 Å². The minimum atomic E-state index is -3.71. The van der Waals surface area contributed by atoms with E-state index in [-0.39, 0.29) is 0 Å². The van der Waals surface area contributed by atoms with Gasteiger partial charge in [0.05, 0.1) is 0 Å². The van der Waals surface area contributed by atoms with Gasteiger partial charge < -0.3 is 18.9 Å². The second kappa shape index (κ2) is 11.8. The molecule has 4 aliphatic heterocycles. The van der Waals surface area contributed by atoms with Crippen LogP contribution in [-0.2, 0) is 39.4 Å². The Labute approximate surface area is 216 Å². The molecule has 4 rings (SSSR count). The van der Waals surface area contributed by atoms with E-state index in [0.717, 1.165) is 25.7 Å². The Morgan fingerprint density at radius 3 is 0.889 bits per heavy atom. The van der Waals surface area contributed by atoms with Crippen LogP contribution in [0.2, 0.25) is 0 Å². The van der Waals surface area contributed by atoms with Crippen LogP contribution >= 0.6 is 0 Å². The summed E-state index contributed by atoms with van der Waals surface area (Å²) >= 11 is 0. The quantitative estimate of drug-likeness (QED) is 0.339. The van der Waals surface area contributed by atoms with E-state index >= 15 is 0 Å². The molecular formula is C22H42N4O8S2. The first-order chi connectivity index (χ1) is 17.2. The van der Waals surface area contributed by atoms with Crippen LogP contribution in [0.1, 0.15) is 79.1 Å². The van der Waals surface area contributed by atoms with Gasteiger partial charge in [0.1, 0.15) is 0 Å². The summed E-state index contributed by atoms with van der Waals surface area (Å²) in [5, 5.41) is 0. The molecule has 0 unspecified atom stereocenters. The highest BCUT2D eigenvalue weighted by Crippen LogP contribution is 2.43. The largest absolute Gasteiger partial charge is 0.324 e. The SMILES string of the molecule is CCCCN1[C@@H]2OC(C3O[C@@H]4[C@@H](O3)N(CCCC)S(=O)(=O)N4CCCC)O[C@H]2N(CCCC)S1(=O)=O. The van der Waals surface area contributed by atoms with Crippen LogP contribution in [0.15, 0.2) is 0 Å². The maximum absolute atomic E-state index is 13.2. The normalized spacial score (nSPS) is 33.6. The summed E-state index contributed by atoms with van der Waals surface area (Å²) in [6.45, 7) is 9.37. The molecule has 0 amide bonds. The fourth-order valence-corrected chi connectivity index (χ4v) is 8.64. The number of ether oxygens (including phenoxy) is 4. The monoisotopic (exact) mass is 554 g/mol. The van der Waals surface area contributed by atoms with Gasteiger partial charge in [0.2, 0.25) is 12.6 Å². The first-order valence-electron chi connectivity index (χ1n) is 13.4. The van der Waals surface area contributed by atoms with Gasteiger partial charge in [-0.3, -0.25) is 0 Å². The Bertz CT molecular complexity index is 816. The minimum Gasteiger partial charge on any atom is -0.324 e. The third kappa shape index (κ3) is 5.10. The molecule has 0 bridgehead atoms. The van der Waals surface area contributed by atoms with Crippen LogP contribution in [0.5, 0.6) is 0 Å². The second-order valence-corrected chi connectivity index (χ2v) is 13.4. The first kappa shape index (κ1) is 28.6. The zero-order valence-corrected chi connectivity index (χ0v) is 23.5. The Balaban J connectivity index is 1.52. The molecule has 4 atom stereocenters. The highest BCUT2D eigenvalue weighted by molar-refractivity contribution is 7.87. The van der Waals surface area contributed by atoms with Crippen molar-refractivity contribution >= 4 is 20.4 Å². The zero-order chi connectivity index (χ0) is 26.1. The maximum atomic E-state index is 13.2. The van der Waals surface area contributed by atoms with Crippen molar-refractivity contribution in [3.05, 3.63) is 0 Å². The lowest BCUT2D eigenvalue weighted by molar-refractivity contribution is -0.237. The molecule has 0 radical (unpaired) electrons. The predicted molar refractivity (Wildman–Crippen MR) is 131 cm³/mol. The number of rotatable bonds is 13. The van der Waals surface area contributed by atoms with E-state index in [0.29, 0.717) is 51.9 Å². The van der Waals surface area contributed by atoms with Crippen LogP contribution < -0.4 is 0 Å². The van der Waals surface area contributed by atoms with Crippen LogP contribution in [0.25, 0.3) is 0 Å². The molecule has 0 spiro atoms. The average molecular weight is 555 g/mol. The van der Waals surface area contributed by atoms with Gasteiger partial charge in [-0.2, -0.15) is 34.1 Å². The fourth-order valence-electron chi connectivity index (χ4n) is 5.00. The Morgan fingerprint density at radius 1 is 0.472 bits per heavy atom. The lowest BCUT2D eigenvalue weighted by Crippen LogP contribution is -2.44. The molecule has 4 fully saturated rings. The van der Waals surface area contributed by atoms with Crippen LogP contribution in [0.4, 0.5) is 0 Å². The summed E-state index contributed by atoms with van der Waals surface area (Å²) in [5.41, 5.74) is 0. The van der Waals surface area contributed by atoms with E-state index < -0.39 is 57.9 Å². The Kier molecular flexibility index (Phi) is 9.34. The van der Waals surface area contributed by atoms with Gasteiger partial charge in [-0.05, 0) is 25.7 Å². The number of hydrogen-bond acceptors (Lipinski definition) is 8. The molecule has 14 heteroatoms. The molecule has 4 heterocycles. The lowest BCUT2D eigenvalue weighted by atomic mass is 10.3. The van der Waals surface area contributed by atoms with E-state index in [1.54, 1.807) is 0 Å². The van der Waals surface area contributed by atoms with E-state index in [2.05, 4.69) is 0 Å². The van der Waals surface area contributed by atoms with Crippen LogP contribution in [-0.4, -0.2) is 97.7 Å². The third-order valence-electron chi connectivity index (χ3n) is 7.05. The van der Waals surface area contributed by atoms with Crippen molar-refractivity contribution in [3.63, 3.8) is 0 Å². The van der Waals surface area contributed by atoms with Gasteiger partial charge in [0, 0.05) is 26.2 Å². The lowest BCUT2D eigenvalue weighted by Gasteiger charge is -2.27. The highest BCUT2D eigenvalue weighted by Gasteiger charge is 2.63. The molecule has 0 N–H and O–H groups in total. The van der Waals surface area contributed by atoms with Gasteiger partial charge >= 0.3 is 0 Å². The van der Waals surface area contributed by atoms with Gasteiger partial charge in [-0.15, -0.1) is 0 Å². The fraction of sp³-hybridized carbons (Fsp3) is 1.00. The molecule has 4 aliphatic rings. The number of unbranched alkanes of at least 4 members (excludes halogenated alkanes) is 4. The van der Waals surface area contributed by atoms with Crippen molar-refractivity contribution in [2.45, 2.75) is 117 Å². The standard InChI is InChI=1S/C22H42N4O8S2/c1-5-9-13-23-17-18(24(14-10-6-2)35(23,27)28)32-21(31-17)22-33-19-20(34-22)26(16-12-8-4)36(29,30)25(19)15-11-7-3/h17-22H,5-16H2,1-4H3/t17-,18-,19-,20-/m1/s1. The van der Waals surface area contributed by atoms with Crippen molar-refractivity contribution in [2.75, 3.05) is 26.2 Å². The Morgan fingerprint density at radius 2 is 0.694 bits per heavy atom. The third-order valence-corrected chi connectivity index (χ3v) is 11.0. The van der Waals surface area contributed by atoms with Gasteiger partial charge in [-0.25, -0.2) is 0 Å². The van der Waals surface area contributed by atoms with Gasteiger partial charge in [0.15, 0.2) is 24.9 Å². The molecule has 210 valence electrons. The van der Waals surface area contributed by atoms with Crippen molar-refractivity contribution in [1.82, 2.24) is 17.2 Å². The maximum Gasteiger partial charge on any atom is 0.286 e. The molecule has 0 aromatic carbocycles. The van der Waals surface area contributed by atoms with Gasteiger partial charge in [0.25, 0.3) is 20.4 Å². The zero-order valence-electron chi connectivity index (χ0n) is 21.8. The topological polar surface area (TPSA) is 118 Å². The second-order valence-electron chi connectivity index (χ2n) is 9.72. The smallest absolute Gasteiger partial charge is 0.286 e. The molecule has 0 saturated carbocycles. The Hall–Kier alpha value is -0.420. The summed E-state index contributed by atoms with van der Waals surface area (Å²) in [5.74, 6) is 0. The van der Waals surface area contributed by atoms with Crippen molar-refractivity contribution in [2.24, 2.45) is 0 Å². The predicted octanol–water partition coefficient (Wildman–Crippen LogP) is 1.96. The minimum absolute atomic E-state index is 0.337. The summed E-state index contributed by atoms with van der Waals surface area (Å²) < 4.78 is 82.8.